The second-order valence-corrected chi connectivity index (χ2v) is 5.24. The van der Waals surface area contributed by atoms with E-state index in [-0.39, 0.29) is 18.1 Å². The number of nitrogens with one attached hydrogen (secondary N) is 1. The van der Waals surface area contributed by atoms with Gasteiger partial charge in [-0.15, -0.1) is 0 Å². The van der Waals surface area contributed by atoms with Gasteiger partial charge in [0.1, 0.15) is 12.4 Å². The van der Waals surface area contributed by atoms with Gasteiger partial charge in [-0.25, -0.2) is 0 Å². The van der Waals surface area contributed by atoms with Crippen molar-refractivity contribution in [3.05, 3.63) is 40.7 Å². The fourth-order valence-corrected chi connectivity index (χ4v) is 2.49. The van der Waals surface area contributed by atoms with E-state index in [0.717, 1.165) is 18.2 Å². The van der Waals surface area contributed by atoms with Crippen LogP contribution in [-0.4, -0.2) is 30.1 Å². The Kier molecular flexibility index (Phi) is 3.64. The number of aromatic amines is 1. The van der Waals surface area contributed by atoms with Crippen molar-refractivity contribution in [3.8, 4) is 0 Å². The lowest BCUT2D eigenvalue weighted by Gasteiger charge is -2.23. The molecule has 1 fully saturated rings. The number of fused-ring (bicyclic) bond motifs is 1. The van der Waals surface area contributed by atoms with Crippen molar-refractivity contribution in [2.24, 2.45) is 0 Å². The normalized spacial score (nSPS) is 14.1. The smallest absolute Gasteiger partial charge is 0.325 e. The van der Waals surface area contributed by atoms with Crippen LogP contribution >= 0.6 is 0 Å². The third kappa shape index (κ3) is 2.91. The molecule has 2 aromatic rings. The van der Waals surface area contributed by atoms with E-state index in [0.29, 0.717) is 23.9 Å². The lowest BCUT2D eigenvalue weighted by Crippen LogP contribution is -2.34. The third-order valence-electron chi connectivity index (χ3n) is 3.64. The summed E-state index contributed by atoms with van der Waals surface area (Å²) >= 11 is 0. The Morgan fingerprint density at radius 1 is 1.38 bits per heavy atom. The summed E-state index contributed by atoms with van der Waals surface area (Å²) in [7, 11) is 0. The van der Waals surface area contributed by atoms with Gasteiger partial charge in [0.15, 0.2) is 0 Å². The van der Waals surface area contributed by atoms with E-state index in [1.54, 1.807) is 13.0 Å². The highest BCUT2D eigenvalue weighted by Crippen LogP contribution is 2.31. The molecule has 0 radical (unpaired) electrons. The quantitative estimate of drug-likeness (QED) is 0.855. The van der Waals surface area contributed by atoms with Crippen LogP contribution in [0.25, 0.3) is 10.8 Å². The molecule has 0 amide bonds. The number of hydrogen-bond donors (Lipinski definition) is 1. The summed E-state index contributed by atoms with van der Waals surface area (Å²) in [5, 5.41) is 1.54. The molecule has 1 aliphatic rings. The van der Waals surface area contributed by atoms with Crippen molar-refractivity contribution in [1.82, 2.24) is 4.98 Å². The molecule has 1 aromatic heterocycles. The van der Waals surface area contributed by atoms with Crippen LogP contribution in [0.5, 0.6) is 0 Å². The lowest BCUT2D eigenvalue weighted by atomic mass is 10.1. The van der Waals surface area contributed by atoms with E-state index in [9.17, 15) is 9.59 Å². The van der Waals surface area contributed by atoms with Crippen LogP contribution in [0.15, 0.2) is 35.1 Å². The predicted molar refractivity (Wildman–Crippen MR) is 81.6 cm³/mol. The summed E-state index contributed by atoms with van der Waals surface area (Å²) in [5.41, 5.74) is -0.127. The predicted octanol–water partition coefficient (Wildman–Crippen LogP) is 2.06. The highest BCUT2D eigenvalue weighted by Gasteiger charge is 2.31. The molecular weight excluding hydrogens is 268 g/mol. The van der Waals surface area contributed by atoms with Crippen LogP contribution in [0.1, 0.15) is 19.8 Å². The number of anilines is 1. The van der Waals surface area contributed by atoms with Crippen molar-refractivity contribution in [2.75, 3.05) is 18.1 Å². The fourth-order valence-electron chi connectivity index (χ4n) is 2.49. The van der Waals surface area contributed by atoms with Gasteiger partial charge in [-0.1, -0.05) is 18.2 Å². The first-order valence-corrected chi connectivity index (χ1v) is 7.23. The summed E-state index contributed by atoms with van der Waals surface area (Å²) < 4.78 is 5.02. The number of carbonyl (C=O) groups is 1. The third-order valence-corrected chi connectivity index (χ3v) is 3.64. The molecule has 1 heterocycles. The van der Waals surface area contributed by atoms with Gasteiger partial charge >= 0.3 is 5.97 Å². The number of benzene rings is 1. The average Bonchev–Trinajstić information content (AvgIpc) is 3.29. The van der Waals surface area contributed by atoms with Crippen LogP contribution in [0.3, 0.4) is 0 Å². The Morgan fingerprint density at radius 3 is 2.86 bits per heavy atom. The average molecular weight is 286 g/mol. The molecular formula is C16H18N2O3. The number of rotatable bonds is 5. The van der Waals surface area contributed by atoms with Crippen LogP contribution in [0.2, 0.25) is 0 Å². The lowest BCUT2D eigenvalue weighted by molar-refractivity contribution is -0.141. The van der Waals surface area contributed by atoms with Crippen molar-refractivity contribution in [3.63, 3.8) is 0 Å². The van der Waals surface area contributed by atoms with Crippen LogP contribution < -0.4 is 10.5 Å². The fraction of sp³-hybridized carbons (Fsp3) is 0.375. The number of nitrogens with zero attached hydrogens (tertiary/aromatic N) is 1. The molecule has 3 rings (SSSR count). The minimum Gasteiger partial charge on any atom is -0.465 e. The number of hydrogen-bond acceptors (Lipinski definition) is 4. The Morgan fingerprint density at radius 2 is 2.14 bits per heavy atom. The van der Waals surface area contributed by atoms with E-state index in [2.05, 4.69) is 4.98 Å². The molecule has 0 spiro atoms. The highest BCUT2D eigenvalue weighted by atomic mass is 16.5. The Bertz CT molecular complexity index is 719. The van der Waals surface area contributed by atoms with E-state index >= 15 is 0 Å². The molecule has 1 N–H and O–H groups in total. The first-order chi connectivity index (χ1) is 10.2. The second kappa shape index (κ2) is 5.60. The Labute approximate surface area is 122 Å². The van der Waals surface area contributed by atoms with Gasteiger partial charge < -0.3 is 14.6 Å². The van der Waals surface area contributed by atoms with Gasteiger partial charge in [-0.05, 0) is 37.3 Å². The zero-order valence-electron chi connectivity index (χ0n) is 12.0. The SMILES string of the molecule is CCOC(=O)CN(c1cc2ccccc2c(=O)[nH]1)C1CC1. The molecule has 5 nitrogen and oxygen atoms in total. The Balaban J connectivity index is 1.96. The summed E-state index contributed by atoms with van der Waals surface area (Å²) in [6, 6.07) is 9.68. The number of ether oxygens (including phenoxy) is 1. The van der Waals surface area contributed by atoms with Crippen molar-refractivity contribution in [1.29, 1.82) is 0 Å². The van der Waals surface area contributed by atoms with Gasteiger partial charge in [-0.3, -0.25) is 9.59 Å². The number of pyridine rings is 1. The van der Waals surface area contributed by atoms with Crippen LogP contribution in [0.4, 0.5) is 5.82 Å². The molecule has 110 valence electrons. The molecule has 0 bridgehead atoms. The number of carbonyl (C=O) groups excluding carboxylic acids is 1. The zero-order chi connectivity index (χ0) is 14.8. The van der Waals surface area contributed by atoms with E-state index in [1.165, 1.54) is 0 Å². The van der Waals surface area contributed by atoms with Gasteiger partial charge in [0.05, 0.1) is 6.61 Å². The number of H-pyrrole nitrogens is 1. The molecule has 0 saturated heterocycles. The van der Waals surface area contributed by atoms with Gasteiger partial charge in [-0.2, -0.15) is 0 Å². The minimum atomic E-state index is -0.265. The largest absolute Gasteiger partial charge is 0.465 e. The molecule has 1 aromatic carbocycles. The van der Waals surface area contributed by atoms with Crippen molar-refractivity contribution < 1.29 is 9.53 Å². The van der Waals surface area contributed by atoms with Gasteiger partial charge in [0.2, 0.25) is 0 Å². The standard InChI is InChI=1S/C16H18N2O3/c1-2-21-15(19)10-18(12-7-8-12)14-9-11-5-3-4-6-13(11)16(20)17-14/h3-6,9,12H,2,7-8,10H2,1H3,(H,17,20). The van der Waals surface area contributed by atoms with Crippen molar-refractivity contribution >= 4 is 22.6 Å². The number of esters is 1. The van der Waals surface area contributed by atoms with Gasteiger partial charge in [0.25, 0.3) is 5.56 Å². The van der Waals surface area contributed by atoms with Crippen LogP contribution in [0, 0.1) is 0 Å². The summed E-state index contributed by atoms with van der Waals surface area (Å²) in [6.45, 7) is 2.33. The van der Waals surface area contributed by atoms with Crippen molar-refractivity contribution in [2.45, 2.75) is 25.8 Å². The number of aromatic nitrogens is 1. The molecule has 0 atom stereocenters. The molecule has 5 heteroatoms. The zero-order valence-corrected chi connectivity index (χ0v) is 12.0. The maximum absolute atomic E-state index is 12.2. The molecule has 21 heavy (non-hydrogen) atoms. The maximum atomic E-state index is 12.2. The first-order valence-electron chi connectivity index (χ1n) is 7.23. The van der Waals surface area contributed by atoms with Gasteiger partial charge in [0, 0.05) is 11.4 Å². The molecule has 0 aliphatic heterocycles. The van der Waals surface area contributed by atoms with Crippen LogP contribution in [-0.2, 0) is 9.53 Å². The van der Waals surface area contributed by atoms with E-state index < -0.39 is 0 Å². The second-order valence-electron chi connectivity index (χ2n) is 5.24. The van der Waals surface area contributed by atoms with E-state index in [1.807, 2.05) is 29.2 Å². The summed E-state index contributed by atoms with van der Waals surface area (Å²) in [4.78, 5) is 28.7. The van der Waals surface area contributed by atoms with E-state index in [4.69, 9.17) is 4.74 Å². The molecule has 0 unspecified atom stereocenters. The summed E-state index contributed by atoms with van der Waals surface area (Å²) in [5.74, 6) is 0.424. The molecule has 1 aliphatic carbocycles. The topological polar surface area (TPSA) is 62.4 Å². The maximum Gasteiger partial charge on any atom is 0.325 e. The minimum absolute atomic E-state index is 0.127. The monoisotopic (exact) mass is 286 g/mol. The highest BCUT2D eigenvalue weighted by molar-refractivity contribution is 5.85. The summed E-state index contributed by atoms with van der Waals surface area (Å²) in [6.07, 6.45) is 2.07. The Hall–Kier alpha value is -2.30. The first kappa shape index (κ1) is 13.7. The molecule has 1 saturated carbocycles.